The molecule has 0 amide bonds. The van der Waals surface area contributed by atoms with Crippen LogP contribution in [0.1, 0.15) is 15.2 Å². The molecule has 0 aliphatic rings. The van der Waals surface area contributed by atoms with Gasteiger partial charge in [-0.25, -0.2) is 9.78 Å². The molecule has 0 saturated heterocycles. The second kappa shape index (κ2) is 3.67. The van der Waals surface area contributed by atoms with E-state index < -0.39 is 0 Å². The molecule has 0 aliphatic carbocycles. The third-order valence-corrected chi connectivity index (χ3v) is 2.93. The fraction of sp³-hybridized carbons (Fsp3) is 0.100. The van der Waals surface area contributed by atoms with E-state index in [0.29, 0.717) is 10.4 Å². The van der Waals surface area contributed by atoms with Crippen LogP contribution in [0.2, 0.25) is 0 Å². The lowest BCUT2D eigenvalue weighted by Gasteiger charge is -1.90. The van der Waals surface area contributed by atoms with Gasteiger partial charge in [0.25, 0.3) is 0 Å². The summed E-state index contributed by atoms with van der Waals surface area (Å²) in [6.07, 6.45) is 1.49. The van der Waals surface area contributed by atoms with Crippen LogP contribution in [0.5, 0.6) is 0 Å². The number of pyridine rings is 1. The average molecular weight is 218 g/mol. The topological polar surface area (TPSA) is 63.0 Å². The first-order valence-corrected chi connectivity index (χ1v) is 4.94. The van der Waals surface area contributed by atoms with Gasteiger partial charge in [-0.2, -0.15) is 5.26 Å². The highest BCUT2D eigenvalue weighted by molar-refractivity contribution is 7.20. The summed E-state index contributed by atoms with van der Waals surface area (Å²) in [6, 6.07) is 5.38. The highest BCUT2D eigenvalue weighted by atomic mass is 32.1. The standard InChI is InChI=1S/C10H6N2O2S/c1-14-10(13)8-3-7-2-6(4-11)5-12-9(7)15-8/h2-3,5H,1H3. The number of hydrogen-bond acceptors (Lipinski definition) is 5. The number of ether oxygens (including phenoxy) is 1. The van der Waals surface area contributed by atoms with Gasteiger partial charge in [0.05, 0.1) is 12.7 Å². The number of thiophene rings is 1. The van der Waals surface area contributed by atoms with E-state index in [4.69, 9.17) is 5.26 Å². The molecule has 0 unspecified atom stereocenters. The minimum Gasteiger partial charge on any atom is -0.465 e. The molecule has 2 heterocycles. The lowest BCUT2D eigenvalue weighted by molar-refractivity contribution is 0.0606. The Labute approximate surface area is 89.7 Å². The summed E-state index contributed by atoms with van der Waals surface area (Å²) in [5, 5.41) is 9.47. The Kier molecular flexibility index (Phi) is 2.35. The molecule has 0 spiro atoms. The van der Waals surface area contributed by atoms with E-state index in [0.717, 1.165) is 10.2 Å². The fourth-order valence-corrected chi connectivity index (χ4v) is 2.10. The lowest BCUT2D eigenvalue weighted by atomic mass is 10.2. The zero-order chi connectivity index (χ0) is 10.8. The highest BCUT2D eigenvalue weighted by Gasteiger charge is 2.11. The van der Waals surface area contributed by atoms with Gasteiger partial charge in [-0.3, -0.25) is 0 Å². The lowest BCUT2D eigenvalue weighted by Crippen LogP contribution is -1.96. The van der Waals surface area contributed by atoms with Crippen LogP contribution in [0.3, 0.4) is 0 Å². The Bertz CT molecular complexity index is 568. The van der Waals surface area contributed by atoms with Gasteiger partial charge >= 0.3 is 5.97 Å². The van der Waals surface area contributed by atoms with Gasteiger partial charge in [-0.05, 0) is 12.1 Å². The first kappa shape index (κ1) is 9.62. The van der Waals surface area contributed by atoms with Gasteiger partial charge in [-0.1, -0.05) is 0 Å². The zero-order valence-electron chi connectivity index (χ0n) is 7.85. The van der Waals surface area contributed by atoms with Crippen molar-refractivity contribution in [2.24, 2.45) is 0 Å². The van der Waals surface area contributed by atoms with E-state index in [-0.39, 0.29) is 5.97 Å². The number of nitrogens with zero attached hydrogens (tertiary/aromatic N) is 2. The van der Waals surface area contributed by atoms with Gasteiger partial charge in [-0.15, -0.1) is 11.3 Å². The average Bonchev–Trinajstić information content (AvgIpc) is 2.70. The summed E-state index contributed by atoms with van der Waals surface area (Å²) in [7, 11) is 1.33. The van der Waals surface area contributed by atoms with E-state index >= 15 is 0 Å². The van der Waals surface area contributed by atoms with Crippen molar-refractivity contribution < 1.29 is 9.53 Å². The Morgan fingerprint density at radius 3 is 3.07 bits per heavy atom. The first-order valence-electron chi connectivity index (χ1n) is 4.12. The molecule has 0 aromatic carbocycles. The first-order chi connectivity index (χ1) is 7.24. The number of methoxy groups -OCH3 is 1. The number of carbonyl (C=O) groups is 1. The van der Waals surface area contributed by atoms with E-state index in [1.54, 1.807) is 12.1 Å². The maximum Gasteiger partial charge on any atom is 0.348 e. The van der Waals surface area contributed by atoms with Crippen LogP contribution < -0.4 is 0 Å². The molecule has 0 aliphatic heterocycles. The highest BCUT2D eigenvalue weighted by Crippen LogP contribution is 2.24. The Morgan fingerprint density at radius 2 is 2.40 bits per heavy atom. The molecular weight excluding hydrogens is 212 g/mol. The zero-order valence-corrected chi connectivity index (χ0v) is 8.67. The molecule has 0 bridgehead atoms. The molecule has 2 aromatic heterocycles. The summed E-state index contributed by atoms with van der Waals surface area (Å²) in [5.41, 5.74) is 0.483. The van der Waals surface area contributed by atoms with Crippen molar-refractivity contribution in [2.75, 3.05) is 7.11 Å². The normalized spacial score (nSPS) is 9.87. The largest absolute Gasteiger partial charge is 0.465 e. The molecule has 0 atom stereocenters. The van der Waals surface area contributed by atoms with Crippen LogP contribution in [-0.4, -0.2) is 18.1 Å². The van der Waals surface area contributed by atoms with Crippen LogP contribution in [0.15, 0.2) is 18.3 Å². The summed E-state index contributed by atoms with van der Waals surface area (Å²) in [5.74, 6) is -0.378. The predicted molar refractivity (Wildman–Crippen MR) is 55.7 cm³/mol. The van der Waals surface area contributed by atoms with Gasteiger partial charge in [0.2, 0.25) is 0 Å². The van der Waals surface area contributed by atoms with Crippen molar-refractivity contribution in [1.82, 2.24) is 4.98 Å². The minimum atomic E-state index is -0.378. The second-order valence-corrected chi connectivity index (χ2v) is 3.86. The van der Waals surface area contributed by atoms with Crippen LogP contribution >= 0.6 is 11.3 Å². The van der Waals surface area contributed by atoms with Gasteiger partial charge < -0.3 is 4.74 Å². The van der Waals surface area contributed by atoms with Crippen molar-refractivity contribution in [3.63, 3.8) is 0 Å². The number of carbonyl (C=O) groups excluding carboxylic acids is 1. The Morgan fingerprint density at radius 1 is 1.60 bits per heavy atom. The Hall–Kier alpha value is -1.93. The predicted octanol–water partition coefficient (Wildman–Crippen LogP) is 1.95. The molecule has 74 valence electrons. The maximum atomic E-state index is 11.2. The summed E-state index contributed by atoms with van der Waals surface area (Å²) >= 11 is 1.25. The van der Waals surface area contributed by atoms with Crippen molar-refractivity contribution in [3.8, 4) is 6.07 Å². The molecule has 0 saturated carbocycles. The van der Waals surface area contributed by atoms with E-state index in [2.05, 4.69) is 9.72 Å². The van der Waals surface area contributed by atoms with Crippen LogP contribution in [0.4, 0.5) is 0 Å². The molecular formula is C10H6N2O2S. The summed E-state index contributed by atoms with van der Waals surface area (Å²) < 4.78 is 4.60. The number of nitriles is 1. The van der Waals surface area contributed by atoms with Gasteiger partial charge in [0.15, 0.2) is 0 Å². The maximum absolute atomic E-state index is 11.2. The van der Waals surface area contributed by atoms with Gasteiger partial charge in [0, 0.05) is 11.6 Å². The van der Waals surface area contributed by atoms with Crippen LogP contribution in [-0.2, 0) is 4.74 Å². The summed E-state index contributed by atoms with van der Waals surface area (Å²) in [4.78, 5) is 16.5. The molecule has 2 aromatic rings. The molecule has 15 heavy (non-hydrogen) atoms. The number of rotatable bonds is 1. The van der Waals surface area contributed by atoms with Crippen LogP contribution in [0.25, 0.3) is 10.2 Å². The summed E-state index contributed by atoms with van der Waals surface area (Å²) in [6.45, 7) is 0. The number of hydrogen-bond donors (Lipinski definition) is 0. The second-order valence-electron chi connectivity index (χ2n) is 2.83. The van der Waals surface area contributed by atoms with Gasteiger partial charge in [0.1, 0.15) is 15.8 Å². The van der Waals surface area contributed by atoms with Crippen molar-refractivity contribution in [3.05, 3.63) is 28.8 Å². The minimum absolute atomic E-state index is 0.378. The third kappa shape index (κ3) is 1.67. The van der Waals surface area contributed by atoms with Crippen molar-refractivity contribution >= 4 is 27.5 Å². The smallest absolute Gasteiger partial charge is 0.348 e. The van der Waals surface area contributed by atoms with Crippen molar-refractivity contribution in [2.45, 2.75) is 0 Å². The quantitative estimate of drug-likeness (QED) is 0.686. The number of fused-ring (bicyclic) bond motifs is 1. The van der Waals surface area contributed by atoms with Crippen molar-refractivity contribution in [1.29, 1.82) is 5.26 Å². The monoisotopic (exact) mass is 218 g/mol. The molecule has 0 N–H and O–H groups in total. The number of esters is 1. The molecule has 0 fully saturated rings. The van der Waals surface area contributed by atoms with E-state index in [9.17, 15) is 4.79 Å². The van der Waals surface area contributed by atoms with Crippen LogP contribution in [0, 0.1) is 11.3 Å². The molecule has 2 rings (SSSR count). The molecule has 4 nitrogen and oxygen atoms in total. The van der Waals surface area contributed by atoms with E-state index in [1.807, 2.05) is 6.07 Å². The Balaban J connectivity index is 2.57. The van der Waals surface area contributed by atoms with E-state index in [1.165, 1.54) is 24.6 Å². The SMILES string of the molecule is COC(=O)c1cc2cc(C#N)cnc2s1. The number of aromatic nitrogens is 1. The fourth-order valence-electron chi connectivity index (χ4n) is 1.20. The molecule has 5 heteroatoms. The molecule has 0 radical (unpaired) electrons. The third-order valence-electron chi connectivity index (χ3n) is 1.89.